The van der Waals surface area contributed by atoms with Crippen molar-refractivity contribution in [1.82, 2.24) is 10.6 Å². The second-order valence-electron chi connectivity index (χ2n) is 5.25. The van der Waals surface area contributed by atoms with Crippen LogP contribution in [0.5, 0.6) is 0 Å². The molecule has 0 spiro atoms. The maximum atomic E-state index is 12.2. The molecule has 1 aliphatic rings. The first-order valence-corrected chi connectivity index (χ1v) is 7.52. The molecule has 2 heterocycles. The van der Waals surface area contributed by atoms with Crippen LogP contribution in [0.2, 0.25) is 0 Å². The molecule has 2 N–H and O–H groups in total. The van der Waals surface area contributed by atoms with Gasteiger partial charge >= 0.3 is 0 Å². The Morgan fingerprint density at radius 1 is 1.47 bits per heavy atom. The van der Waals surface area contributed by atoms with E-state index >= 15 is 0 Å². The normalized spacial score (nSPS) is 22.6. The fraction of sp³-hybridized carbons (Fsp3) is 0.643. The zero-order valence-electron chi connectivity index (χ0n) is 11.6. The lowest BCUT2D eigenvalue weighted by molar-refractivity contribution is -0.131. The van der Waals surface area contributed by atoms with E-state index in [9.17, 15) is 4.79 Å². The number of carbonyl (C=O) groups is 1. The molecule has 1 fully saturated rings. The van der Waals surface area contributed by atoms with Gasteiger partial charge in [0.15, 0.2) is 0 Å². The largest absolute Gasteiger partial charge is 0.351 e. The summed E-state index contributed by atoms with van der Waals surface area (Å²) in [5.74, 6) is 0.182. The van der Waals surface area contributed by atoms with Crippen LogP contribution in [-0.2, 0) is 17.8 Å². The van der Waals surface area contributed by atoms with Crippen molar-refractivity contribution < 1.29 is 4.79 Å². The minimum atomic E-state index is -0.233. The molecule has 1 atom stereocenters. The lowest BCUT2D eigenvalue weighted by Gasteiger charge is -2.32. The Balaban J connectivity index is 0.00000180. The molecule has 0 bridgehead atoms. The molecule has 0 saturated carbocycles. The molecule has 3 nitrogen and oxygen atoms in total. The predicted octanol–water partition coefficient (Wildman–Crippen LogP) is 2.74. The third kappa shape index (κ3) is 4.20. The number of amides is 1. The second kappa shape index (κ2) is 7.27. The van der Waals surface area contributed by atoms with Gasteiger partial charge in [-0.2, -0.15) is 0 Å². The van der Waals surface area contributed by atoms with Crippen molar-refractivity contribution in [3.8, 4) is 0 Å². The van der Waals surface area contributed by atoms with E-state index in [1.807, 2.05) is 0 Å². The van der Waals surface area contributed by atoms with Crippen LogP contribution in [0, 0.1) is 5.41 Å². The maximum Gasteiger partial charge on any atom is 0.227 e. The molecule has 1 aromatic heterocycles. The number of hydrogen-bond acceptors (Lipinski definition) is 3. The fourth-order valence-corrected chi connectivity index (χ4v) is 3.24. The van der Waals surface area contributed by atoms with E-state index in [2.05, 4.69) is 36.6 Å². The highest BCUT2D eigenvalue weighted by Crippen LogP contribution is 2.26. The summed E-state index contributed by atoms with van der Waals surface area (Å²) in [4.78, 5) is 14.8. The Labute approximate surface area is 125 Å². The van der Waals surface area contributed by atoms with Gasteiger partial charge in [0, 0.05) is 16.3 Å². The number of thiophene rings is 1. The Kier molecular flexibility index (Phi) is 6.30. The van der Waals surface area contributed by atoms with Gasteiger partial charge in [-0.15, -0.1) is 23.7 Å². The van der Waals surface area contributed by atoms with Crippen molar-refractivity contribution in [2.75, 3.05) is 13.1 Å². The molecule has 108 valence electrons. The van der Waals surface area contributed by atoms with Crippen LogP contribution in [0.1, 0.15) is 36.4 Å². The Hall–Kier alpha value is -0.580. The first kappa shape index (κ1) is 16.5. The van der Waals surface area contributed by atoms with Crippen LogP contribution in [0.4, 0.5) is 0 Å². The van der Waals surface area contributed by atoms with Crippen molar-refractivity contribution in [2.24, 2.45) is 5.41 Å². The molecular weight excluding hydrogens is 280 g/mol. The summed E-state index contributed by atoms with van der Waals surface area (Å²) < 4.78 is 0. The molecule has 1 aliphatic heterocycles. The average molecular weight is 303 g/mol. The Morgan fingerprint density at radius 3 is 2.79 bits per heavy atom. The van der Waals surface area contributed by atoms with Gasteiger partial charge in [0.2, 0.25) is 5.91 Å². The van der Waals surface area contributed by atoms with E-state index in [1.54, 1.807) is 11.3 Å². The number of halogens is 1. The number of nitrogens with one attached hydrogen (secondary N) is 2. The quantitative estimate of drug-likeness (QED) is 0.898. The van der Waals surface area contributed by atoms with Gasteiger partial charge in [-0.3, -0.25) is 4.79 Å². The number of aryl methyl sites for hydroxylation is 1. The minimum absolute atomic E-state index is 0. The van der Waals surface area contributed by atoms with Crippen molar-refractivity contribution in [3.05, 3.63) is 21.9 Å². The number of carbonyl (C=O) groups excluding carboxylic acids is 1. The topological polar surface area (TPSA) is 41.1 Å². The lowest BCUT2D eigenvalue weighted by Crippen LogP contribution is -2.48. The number of rotatable bonds is 4. The van der Waals surface area contributed by atoms with Gasteiger partial charge in [-0.25, -0.2) is 0 Å². The summed E-state index contributed by atoms with van der Waals surface area (Å²) in [6.45, 7) is 6.71. The zero-order valence-corrected chi connectivity index (χ0v) is 13.3. The van der Waals surface area contributed by atoms with Crippen LogP contribution < -0.4 is 10.6 Å². The van der Waals surface area contributed by atoms with E-state index in [1.165, 1.54) is 9.75 Å². The van der Waals surface area contributed by atoms with Crippen LogP contribution in [0.3, 0.4) is 0 Å². The van der Waals surface area contributed by atoms with E-state index in [0.29, 0.717) is 6.54 Å². The third-order valence-corrected chi connectivity index (χ3v) is 4.86. The molecule has 1 saturated heterocycles. The lowest BCUT2D eigenvalue weighted by atomic mass is 9.82. The standard InChI is InChI=1S/C14H22N2OS.ClH/c1-3-11-5-6-12(18-11)9-16-13(17)14(2)7-4-8-15-10-14;/h5-6,15H,3-4,7-10H2,1-2H3,(H,16,17);1H. The van der Waals surface area contributed by atoms with Gasteiger partial charge in [0.25, 0.3) is 0 Å². The predicted molar refractivity (Wildman–Crippen MR) is 83.0 cm³/mol. The summed E-state index contributed by atoms with van der Waals surface area (Å²) in [6, 6.07) is 4.27. The van der Waals surface area contributed by atoms with Gasteiger partial charge < -0.3 is 10.6 Å². The van der Waals surface area contributed by atoms with Crippen LogP contribution in [0.15, 0.2) is 12.1 Å². The summed E-state index contributed by atoms with van der Waals surface area (Å²) >= 11 is 1.79. The molecule has 0 radical (unpaired) electrons. The first-order valence-electron chi connectivity index (χ1n) is 6.71. The minimum Gasteiger partial charge on any atom is -0.351 e. The van der Waals surface area contributed by atoms with Gasteiger partial charge in [-0.1, -0.05) is 6.92 Å². The summed E-state index contributed by atoms with van der Waals surface area (Å²) in [6.07, 6.45) is 3.14. The van der Waals surface area contributed by atoms with Crippen molar-refractivity contribution in [3.63, 3.8) is 0 Å². The van der Waals surface area contributed by atoms with Crippen molar-refractivity contribution in [2.45, 2.75) is 39.7 Å². The highest BCUT2D eigenvalue weighted by atomic mass is 35.5. The monoisotopic (exact) mass is 302 g/mol. The van der Waals surface area contributed by atoms with Crippen LogP contribution in [0.25, 0.3) is 0 Å². The maximum absolute atomic E-state index is 12.2. The smallest absolute Gasteiger partial charge is 0.227 e. The molecule has 19 heavy (non-hydrogen) atoms. The molecule has 2 rings (SSSR count). The number of hydrogen-bond donors (Lipinski definition) is 2. The van der Waals surface area contributed by atoms with E-state index in [4.69, 9.17) is 0 Å². The van der Waals surface area contributed by atoms with Crippen molar-refractivity contribution >= 4 is 29.7 Å². The Bertz CT molecular complexity index is 413. The molecule has 5 heteroatoms. The van der Waals surface area contributed by atoms with Crippen LogP contribution >= 0.6 is 23.7 Å². The van der Waals surface area contributed by atoms with Gasteiger partial charge in [0.05, 0.1) is 12.0 Å². The van der Waals surface area contributed by atoms with Crippen LogP contribution in [-0.4, -0.2) is 19.0 Å². The molecule has 1 amide bonds. The SMILES string of the molecule is CCc1ccc(CNC(=O)C2(C)CCCNC2)s1.Cl. The highest BCUT2D eigenvalue weighted by molar-refractivity contribution is 7.11. The molecule has 0 aromatic carbocycles. The second-order valence-corrected chi connectivity index (χ2v) is 6.50. The van der Waals surface area contributed by atoms with Crippen molar-refractivity contribution in [1.29, 1.82) is 0 Å². The summed E-state index contributed by atoms with van der Waals surface area (Å²) in [5, 5.41) is 6.39. The first-order chi connectivity index (χ1) is 8.64. The van der Waals surface area contributed by atoms with E-state index in [0.717, 1.165) is 32.4 Å². The molecule has 1 unspecified atom stereocenters. The van der Waals surface area contributed by atoms with E-state index < -0.39 is 0 Å². The molecular formula is C14H23ClN2OS. The Morgan fingerprint density at radius 2 is 2.21 bits per heavy atom. The van der Waals surface area contributed by atoms with Gasteiger partial charge in [0.1, 0.15) is 0 Å². The summed E-state index contributed by atoms with van der Waals surface area (Å²) in [7, 11) is 0. The van der Waals surface area contributed by atoms with E-state index in [-0.39, 0.29) is 23.7 Å². The zero-order chi connectivity index (χ0) is 13.0. The molecule has 0 aliphatic carbocycles. The van der Waals surface area contributed by atoms with Gasteiger partial charge in [-0.05, 0) is 44.9 Å². The number of piperidine rings is 1. The average Bonchev–Trinajstić information content (AvgIpc) is 2.84. The third-order valence-electron chi connectivity index (χ3n) is 3.63. The fourth-order valence-electron chi connectivity index (χ4n) is 2.34. The highest BCUT2D eigenvalue weighted by Gasteiger charge is 2.34. The summed E-state index contributed by atoms with van der Waals surface area (Å²) in [5.41, 5.74) is -0.233. The molecule has 1 aromatic rings.